The molecule has 11 heteroatoms. The fourth-order valence-corrected chi connectivity index (χ4v) is 4.49. The molecular formula is C19H17FN8O2. The Morgan fingerprint density at radius 1 is 1.20 bits per heavy atom. The monoisotopic (exact) mass is 408 g/mol. The van der Waals surface area contributed by atoms with Crippen LogP contribution < -0.4 is 10.5 Å². The molecule has 0 bridgehead atoms. The van der Waals surface area contributed by atoms with Gasteiger partial charge in [0.05, 0.1) is 24.4 Å². The molecule has 1 aliphatic heterocycles. The highest BCUT2D eigenvalue weighted by atomic mass is 19.1. The molecular weight excluding hydrogens is 391 g/mol. The van der Waals surface area contributed by atoms with Crippen molar-refractivity contribution in [3.05, 3.63) is 59.0 Å². The Kier molecular flexibility index (Phi) is 3.55. The number of piperidine rings is 1. The Labute approximate surface area is 169 Å². The average molecular weight is 408 g/mol. The zero-order chi connectivity index (χ0) is 20.4. The lowest BCUT2D eigenvalue weighted by molar-refractivity contribution is 0.363. The molecule has 0 N–H and O–H groups in total. The first-order chi connectivity index (χ1) is 14.6. The van der Waals surface area contributed by atoms with E-state index in [1.807, 2.05) is 0 Å². The van der Waals surface area contributed by atoms with Crippen molar-refractivity contribution < 1.29 is 8.91 Å². The van der Waals surface area contributed by atoms with Gasteiger partial charge in [0, 0.05) is 32.1 Å². The maximum Gasteiger partial charge on any atom is 0.280 e. The number of aromatic nitrogens is 7. The maximum atomic E-state index is 13.4. The van der Waals surface area contributed by atoms with E-state index >= 15 is 0 Å². The van der Waals surface area contributed by atoms with Crippen molar-refractivity contribution in [2.75, 3.05) is 18.0 Å². The van der Waals surface area contributed by atoms with Gasteiger partial charge in [0.25, 0.3) is 5.56 Å². The lowest BCUT2D eigenvalue weighted by atomic mass is 10.2. The van der Waals surface area contributed by atoms with Crippen molar-refractivity contribution in [2.24, 2.45) is 18.9 Å². The number of anilines is 1. The van der Waals surface area contributed by atoms with Gasteiger partial charge in [0.1, 0.15) is 18.7 Å². The molecule has 1 saturated heterocycles. The van der Waals surface area contributed by atoms with Crippen LogP contribution >= 0.6 is 0 Å². The summed E-state index contributed by atoms with van der Waals surface area (Å²) in [6.45, 7) is 1.78. The van der Waals surface area contributed by atoms with Gasteiger partial charge in [-0.3, -0.25) is 14.3 Å². The number of aryl methyl sites for hydroxylation is 1. The number of hydrogen-bond acceptors (Lipinski definition) is 8. The minimum Gasteiger partial charge on any atom is -0.370 e. The molecule has 152 valence electrons. The van der Waals surface area contributed by atoms with E-state index in [-0.39, 0.29) is 23.8 Å². The second kappa shape index (κ2) is 6.18. The van der Waals surface area contributed by atoms with E-state index in [9.17, 15) is 9.18 Å². The molecule has 0 aromatic carbocycles. The number of pyridine rings is 1. The van der Waals surface area contributed by atoms with Crippen molar-refractivity contribution in [3.63, 3.8) is 0 Å². The largest absolute Gasteiger partial charge is 0.370 e. The van der Waals surface area contributed by atoms with Crippen molar-refractivity contribution in [2.45, 2.75) is 12.5 Å². The lowest BCUT2D eigenvalue weighted by Crippen LogP contribution is -2.24. The van der Waals surface area contributed by atoms with Crippen LogP contribution in [0.25, 0.3) is 11.2 Å². The molecule has 2 aliphatic rings. The smallest absolute Gasteiger partial charge is 0.280 e. The maximum absolute atomic E-state index is 13.4. The van der Waals surface area contributed by atoms with Gasteiger partial charge < -0.3 is 14.0 Å². The minimum absolute atomic E-state index is 0.156. The molecule has 1 saturated carbocycles. The van der Waals surface area contributed by atoms with Crippen LogP contribution in [0.2, 0.25) is 0 Å². The van der Waals surface area contributed by atoms with Crippen LogP contribution in [0.5, 0.6) is 0 Å². The molecule has 0 spiro atoms. The van der Waals surface area contributed by atoms with Crippen LogP contribution in [0.1, 0.15) is 17.6 Å². The number of imidazole rings is 1. The highest BCUT2D eigenvalue weighted by Crippen LogP contribution is 2.57. The first-order valence-corrected chi connectivity index (χ1v) is 9.63. The summed E-state index contributed by atoms with van der Waals surface area (Å²) in [6.07, 6.45) is 5.89. The molecule has 6 rings (SSSR count). The average Bonchev–Trinajstić information content (AvgIpc) is 3.16. The molecule has 10 nitrogen and oxygen atoms in total. The summed E-state index contributed by atoms with van der Waals surface area (Å²) in [5.74, 6) is 1.75. The molecule has 0 unspecified atom stereocenters. The standard InChI is InChI=1S/C19H17FN8O2/c1-26-8-22-18-16(26)19(29)28(9-23-18)7-14-24-17(25-30-14)15-12-5-27(6-13(12)15)11-2-10(20)3-21-4-11/h2-4,8-9,12-13,15H,5-7H2,1H3/t12-,13+,15+. The predicted octanol–water partition coefficient (Wildman–Crippen LogP) is 0.945. The van der Waals surface area contributed by atoms with Crippen LogP contribution in [0.4, 0.5) is 10.1 Å². The van der Waals surface area contributed by atoms with Crippen molar-refractivity contribution >= 4 is 16.9 Å². The van der Waals surface area contributed by atoms with Gasteiger partial charge in [-0.15, -0.1) is 0 Å². The number of hydrogen-bond donors (Lipinski definition) is 0. The van der Waals surface area contributed by atoms with Crippen molar-refractivity contribution in [3.8, 4) is 0 Å². The van der Waals surface area contributed by atoms with Gasteiger partial charge in [-0.05, 0) is 11.8 Å². The normalized spacial score (nSPS) is 22.6. The molecule has 2 fully saturated rings. The number of rotatable bonds is 4. The highest BCUT2D eigenvalue weighted by Gasteiger charge is 2.58. The van der Waals surface area contributed by atoms with Crippen LogP contribution in [0, 0.1) is 17.7 Å². The van der Waals surface area contributed by atoms with Gasteiger partial charge >= 0.3 is 0 Å². The first-order valence-electron chi connectivity index (χ1n) is 9.63. The van der Waals surface area contributed by atoms with E-state index in [1.165, 1.54) is 23.2 Å². The molecule has 5 heterocycles. The van der Waals surface area contributed by atoms with Gasteiger partial charge in [-0.25, -0.2) is 14.4 Å². The first kappa shape index (κ1) is 17.2. The molecule has 0 radical (unpaired) electrons. The van der Waals surface area contributed by atoms with Crippen LogP contribution in [0.15, 0.2) is 40.4 Å². The summed E-state index contributed by atoms with van der Waals surface area (Å²) in [4.78, 5) is 31.5. The highest BCUT2D eigenvalue weighted by molar-refractivity contribution is 5.68. The third-order valence-corrected chi connectivity index (χ3v) is 6.04. The van der Waals surface area contributed by atoms with E-state index in [0.717, 1.165) is 18.8 Å². The van der Waals surface area contributed by atoms with E-state index in [1.54, 1.807) is 24.1 Å². The summed E-state index contributed by atoms with van der Waals surface area (Å²) in [6, 6.07) is 1.50. The van der Waals surface area contributed by atoms with Crippen LogP contribution in [-0.4, -0.2) is 47.3 Å². The Bertz CT molecular complexity index is 1320. The van der Waals surface area contributed by atoms with Crippen molar-refractivity contribution in [1.82, 2.24) is 34.2 Å². The third-order valence-electron chi connectivity index (χ3n) is 6.04. The number of nitrogens with zero attached hydrogens (tertiary/aromatic N) is 8. The minimum atomic E-state index is -0.332. The zero-order valence-corrected chi connectivity index (χ0v) is 16.0. The molecule has 4 aromatic rings. The third kappa shape index (κ3) is 2.61. The van der Waals surface area contributed by atoms with Gasteiger partial charge in [-0.2, -0.15) is 4.98 Å². The summed E-state index contributed by atoms with van der Waals surface area (Å²) in [5, 5.41) is 4.14. The van der Waals surface area contributed by atoms with E-state index < -0.39 is 0 Å². The van der Waals surface area contributed by atoms with Gasteiger partial charge in [0.15, 0.2) is 17.0 Å². The molecule has 3 atom stereocenters. The fraction of sp³-hybridized carbons (Fsp3) is 0.368. The van der Waals surface area contributed by atoms with E-state index in [0.29, 0.717) is 34.7 Å². The van der Waals surface area contributed by atoms with Gasteiger partial charge in [0.2, 0.25) is 5.89 Å². The predicted molar refractivity (Wildman–Crippen MR) is 102 cm³/mol. The molecule has 30 heavy (non-hydrogen) atoms. The Balaban J connectivity index is 1.17. The quantitative estimate of drug-likeness (QED) is 0.491. The summed E-state index contributed by atoms with van der Waals surface area (Å²) >= 11 is 0. The Morgan fingerprint density at radius 2 is 2.00 bits per heavy atom. The van der Waals surface area contributed by atoms with Crippen LogP contribution in [0.3, 0.4) is 0 Å². The Morgan fingerprint density at radius 3 is 2.80 bits per heavy atom. The fourth-order valence-electron chi connectivity index (χ4n) is 4.49. The molecule has 0 amide bonds. The topological polar surface area (TPSA) is 108 Å². The number of fused-ring (bicyclic) bond motifs is 2. The van der Waals surface area contributed by atoms with E-state index in [4.69, 9.17) is 4.52 Å². The Hall–Kier alpha value is -3.63. The lowest BCUT2D eigenvalue weighted by Gasteiger charge is -2.20. The van der Waals surface area contributed by atoms with Gasteiger partial charge in [-0.1, -0.05) is 5.16 Å². The van der Waals surface area contributed by atoms with Crippen LogP contribution in [-0.2, 0) is 13.6 Å². The second-order valence-corrected chi connectivity index (χ2v) is 7.87. The zero-order valence-electron chi connectivity index (χ0n) is 16.0. The summed E-state index contributed by atoms with van der Waals surface area (Å²) in [5.41, 5.74) is 1.43. The number of halogens is 1. The van der Waals surface area contributed by atoms with E-state index in [2.05, 4.69) is 30.0 Å². The SMILES string of the molecule is Cn1cnc2ncn(Cc3nc([C@H]4[C@@H]5CN(c6cncc(F)c6)C[C@@H]54)no3)c(=O)c21. The molecule has 4 aromatic heterocycles. The second-order valence-electron chi connectivity index (χ2n) is 7.87. The van der Waals surface area contributed by atoms with Crippen molar-refractivity contribution in [1.29, 1.82) is 0 Å². The summed E-state index contributed by atoms with van der Waals surface area (Å²) in [7, 11) is 1.75. The molecule has 1 aliphatic carbocycles. The summed E-state index contributed by atoms with van der Waals surface area (Å²) < 4.78 is 21.9.